The SMILES string of the molecule is COC(=O)c1cc(C#N)c(C=O)cc1O. The van der Waals surface area contributed by atoms with E-state index in [2.05, 4.69) is 4.74 Å². The van der Waals surface area contributed by atoms with E-state index in [-0.39, 0.29) is 22.4 Å². The van der Waals surface area contributed by atoms with Crippen molar-refractivity contribution in [2.24, 2.45) is 0 Å². The Morgan fingerprint density at radius 3 is 2.73 bits per heavy atom. The number of phenolic OH excluding ortho intramolecular Hbond substituents is 1. The third kappa shape index (κ3) is 1.94. The van der Waals surface area contributed by atoms with Crippen molar-refractivity contribution in [3.8, 4) is 11.8 Å². The molecule has 1 aromatic carbocycles. The zero-order chi connectivity index (χ0) is 11.4. The van der Waals surface area contributed by atoms with Crippen molar-refractivity contribution in [1.82, 2.24) is 0 Å². The molecule has 0 saturated heterocycles. The highest BCUT2D eigenvalue weighted by molar-refractivity contribution is 5.94. The number of rotatable bonds is 2. The molecule has 0 aliphatic carbocycles. The molecular weight excluding hydrogens is 198 g/mol. The van der Waals surface area contributed by atoms with Crippen LogP contribution in [-0.2, 0) is 4.74 Å². The van der Waals surface area contributed by atoms with E-state index in [0.29, 0.717) is 6.29 Å². The van der Waals surface area contributed by atoms with Gasteiger partial charge in [0.1, 0.15) is 11.3 Å². The van der Waals surface area contributed by atoms with Crippen molar-refractivity contribution >= 4 is 12.3 Å². The molecule has 1 aromatic rings. The number of hydrogen-bond donors (Lipinski definition) is 1. The Labute approximate surface area is 85.5 Å². The topological polar surface area (TPSA) is 87.4 Å². The van der Waals surface area contributed by atoms with Crippen LogP contribution in [0.25, 0.3) is 0 Å². The van der Waals surface area contributed by atoms with E-state index in [1.807, 2.05) is 0 Å². The molecule has 5 heteroatoms. The summed E-state index contributed by atoms with van der Waals surface area (Å²) in [5.41, 5.74) is -0.0921. The van der Waals surface area contributed by atoms with Crippen LogP contribution in [0.2, 0.25) is 0 Å². The molecule has 0 spiro atoms. The first-order chi connectivity index (χ1) is 7.13. The van der Waals surface area contributed by atoms with Gasteiger partial charge in [0, 0.05) is 5.56 Å². The molecule has 0 aliphatic rings. The molecule has 5 nitrogen and oxygen atoms in total. The third-order valence-corrected chi connectivity index (χ3v) is 1.82. The minimum Gasteiger partial charge on any atom is -0.507 e. The molecule has 0 radical (unpaired) electrons. The number of aldehydes is 1. The zero-order valence-corrected chi connectivity index (χ0v) is 7.85. The fraction of sp³-hybridized carbons (Fsp3) is 0.100. The van der Waals surface area contributed by atoms with Gasteiger partial charge in [0.2, 0.25) is 0 Å². The smallest absolute Gasteiger partial charge is 0.341 e. The Morgan fingerprint density at radius 2 is 2.27 bits per heavy atom. The lowest BCUT2D eigenvalue weighted by atomic mass is 10.0. The maximum atomic E-state index is 11.1. The van der Waals surface area contributed by atoms with Gasteiger partial charge >= 0.3 is 5.97 Å². The number of nitrogens with zero attached hydrogens (tertiary/aromatic N) is 1. The molecule has 0 atom stereocenters. The predicted octanol–water partition coefficient (Wildman–Crippen LogP) is 0.863. The lowest BCUT2D eigenvalue weighted by Gasteiger charge is -2.04. The average Bonchev–Trinajstić information content (AvgIpc) is 2.27. The molecule has 0 saturated carbocycles. The van der Waals surface area contributed by atoms with Crippen molar-refractivity contribution < 1.29 is 19.4 Å². The second kappa shape index (κ2) is 4.24. The van der Waals surface area contributed by atoms with Crippen LogP contribution < -0.4 is 0 Å². The summed E-state index contributed by atoms with van der Waals surface area (Å²) in [5, 5.41) is 18.1. The van der Waals surface area contributed by atoms with Gasteiger partial charge < -0.3 is 9.84 Å². The van der Waals surface area contributed by atoms with Crippen molar-refractivity contribution in [1.29, 1.82) is 5.26 Å². The van der Waals surface area contributed by atoms with Gasteiger partial charge in [-0.25, -0.2) is 4.79 Å². The van der Waals surface area contributed by atoms with Gasteiger partial charge in [-0.15, -0.1) is 0 Å². The summed E-state index contributed by atoms with van der Waals surface area (Å²) in [7, 11) is 1.15. The summed E-state index contributed by atoms with van der Waals surface area (Å²) in [6, 6.07) is 3.91. The van der Waals surface area contributed by atoms with Crippen LogP contribution in [0.5, 0.6) is 5.75 Å². The van der Waals surface area contributed by atoms with Gasteiger partial charge in [-0.1, -0.05) is 0 Å². The largest absolute Gasteiger partial charge is 0.507 e. The van der Waals surface area contributed by atoms with E-state index < -0.39 is 5.97 Å². The second-order valence-electron chi connectivity index (χ2n) is 2.68. The molecule has 1 rings (SSSR count). The molecule has 0 unspecified atom stereocenters. The van der Waals surface area contributed by atoms with E-state index in [1.165, 1.54) is 0 Å². The minimum absolute atomic E-state index is 0.0169. The molecule has 1 N–H and O–H groups in total. The van der Waals surface area contributed by atoms with Crippen molar-refractivity contribution in [2.75, 3.05) is 7.11 Å². The van der Waals surface area contributed by atoms with Crippen LogP contribution >= 0.6 is 0 Å². The van der Waals surface area contributed by atoms with Gasteiger partial charge in [0.15, 0.2) is 6.29 Å². The number of carbonyl (C=O) groups is 2. The summed E-state index contributed by atoms with van der Waals surface area (Å²) < 4.78 is 4.39. The Kier molecular flexibility index (Phi) is 3.03. The lowest BCUT2D eigenvalue weighted by Crippen LogP contribution is -2.03. The van der Waals surface area contributed by atoms with Crippen LogP contribution in [0.3, 0.4) is 0 Å². The van der Waals surface area contributed by atoms with Crippen LogP contribution in [0.4, 0.5) is 0 Å². The molecule has 0 aromatic heterocycles. The van der Waals surface area contributed by atoms with Crippen LogP contribution in [-0.4, -0.2) is 24.5 Å². The quantitative estimate of drug-likeness (QED) is 0.571. The first-order valence-corrected chi connectivity index (χ1v) is 3.94. The van der Waals surface area contributed by atoms with E-state index in [1.54, 1.807) is 6.07 Å². The van der Waals surface area contributed by atoms with Gasteiger partial charge in [-0.3, -0.25) is 4.79 Å². The fourth-order valence-corrected chi connectivity index (χ4v) is 1.07. The average molecular weight is 205 g/mol. The van der Waals surface area contributed by atoms with Gasteiger partial charge in [0.25, 0.3) is 0 Å². The number of esters is 1. The van der Waals surface area contributed by atoms with Crippen LogP contribution in [0.15, 0.2) is 12.1 Å². The minimum atomic E-state index is -0.763. The highest BCUT2D eigenvalue weighted by Gasteiger charge is 2.15. The van der Waals surface area contributed by atoms with E-state index in [4.69, 9.17) is 5.26 Å². The highest BCUT2D eigenvalue weighted by atomic mass is 16.5. The third-order valence-electron chi connectivity index (χ3n) is 1.82. The molecule has 0 amide bonds. The molecule has 0 bridgehead atoms. The van der Waals surface area contributed by atoms with Crippen LogP contribution in [0, 0.1) is 11.3 Å². The summed E-state index contributed by atoms with van der Waals surface area (Å²) in [6.07, 6.45) is 0.430. The number of benzene rings is 1. The monoisotopic (exact) mass is 205 g/mol. The van der Waals surface area contributed by atoms with Gasteiger partial charge in [0.05, 0.1) is 18.7 Å². The number of ether oxygens (including phenoxy) is 1. The molecule has 0 heterocycles. The fourth-order valence-electron chi connectivity index (χ4n) is 1.07. The van der Waals surface area contributed by atoms with E-state index >= 15 is 0 Å². The second-order valence-corrected chi connectivity index (χ2v) is 2.68. The summed E-state index contributed by atoms with van der Waals surface area (Å²) >= 11 is 0. The van der Waals surface area contributed by atoms with Gasteiger partial charge in [-0.05, 0) is 12.1 Å². The van der Waals surface area contributed by atoms with Crippen LogP contribution in [0.1, 0.15) is 26.3 Å². The van der Waals surface area contributed by atoms with Crippen molar-refractivity contribution in [2.45, 2.75) is 0 Å². The molecule has 0 fully saturated rings. The molecule has 15 heavy (non-hydrogen) atoms. The standard InChI is InChI=1S/C10H7NO4/c1-15-10(14)8-2-6(4-11)7(5-12)3-9(8)13/h2-3,5,13H,1H3. The Morgan fingerprint density at radius 1 is 1.60 bits per heavy atom. The predicted molar refractivity (Wildman–Crippen MR) is 49.5 cm³/mol. The summed E-state index contributed by atoms with van der Waals surface area (Å²) in [6.45, 7) is 0. The first kappa shape index (κ1) is 10.7. The maximum absolute atomic E-state index is 11.1. The number of methoxy groups -OCH3 is 1. The number of nitriles is 1. The Hall–Kier alpha value is -2.35. The van der Waals surface area contributed by atoms with Crippen molar-refractivity contribution in [3.05, 3.63) is 28.8 Å². The van der Waals surface area contributed by atoms with Gasteiger partial charge in [-0.2, -0.15) is 5.26 Å². The summed E-state index contributed by atoms with van der Waals surface area (Å²) in [5.74, 6) is -1.15. The summed E-state index contributed by atoms with van der Waals surface area (Å²) in [4.78, 5) is 21.6. The number of aromatic hydroxyl groups is 1. The number of hydrogen-bond acceptors (Lipinski definition) is 5. The van der Waals surface area contributed by atoms with E-state index in [0.717, 1.165) is 19.2 Å². The Balaban J connectivity index is 3.40. The lowest BCUT2D eigenvalue weighted by molar-refractivity contribution is 0.0597. The zero-order valence-electron chi connectivity index (χ0n) is 7.85. The number of carbonyl (C=O) groups excluding carboxylic acids is 2. The first-order valence-electron chi connectivity index (χ1n) is 3.94. The molecular formula is C10H7NO4. The Bertz CT molecular complexity index is 459. The van der Waals surface area contributed by atoms with E-state index in [9.17, 15) is 14.7 Å². The normalized spacial score (nSPS) is 9.07. The number of phenols is 1. The maximum Gasteiger partial charge on any atom is 0.341 e. The molecule has 76 valence electrons. The molecule has 0 aliphatic heterocycles. The highest BCUT2D eigenvalue weighted by Crippen LogP contribution is 2.22. The van der Waals surface area contributed by atoms with Crippen molar-refractivity contribution in [3.63, 3.8) is 0 Å².